The van der Waals surface area contributed by atoms with Crippen LogP contribution in [-0.2, 0) is 11.2 Å². The van der Waals surface area contributed by atoms with Crippen LogP contribution < -0.4 is 10.5 Å². The number of carboxylic acid groups (broad SMARTS) is 1. The summed E-state index contributed by atoms with van der Waals surface area (Å²) in [6.45, 7) is 0. The van der Waals surface area contributed by atoms with Gasteiger partial charge in [-0.15, -0.1) is 23.2 Å². The summed E-state index contributed by atoms with van der Waals surface area (Å²) in [5, 5.41) is 8.70. The minimum Gasteiger partial charge on any atom is -0.488 e. The second-order valence-corrected chi connectivity index (χ2v) is 4.46. The third-order valence-corrected chi connectivity index (χ3v) is 3.03. The van der Waals surface area contributed by atoms with E-state index in [-0.39, 0.29) is 12.5 Å². The van der Waals surface area contributed by atoms with Gasteiger partial charge in [0.1, 0.15) is 17.9 Å². The summed E-state index contributed by atoms with van der Waals surface area (Å²) in [7, 11) is 0. The van der Waals surface area contributed by atoms with E-state index in [0.29, 0.717) is 17.5 Å². The Morgan fingerprint density at radius 2 is 1.83 bits per heavy atom. The molecule has 1 rings (SSSR count). The molecule has 0 aliphatic carbocycles. The maximum absolute atomic E-state index is 10.6. The number of hydrogen-bond acceptors (Lipinski definition) is 3. The van der Waals surface area contributed by atoms with Crippen LogP contribution in [0.3, 0.4) is 0 Å². The van der Waals surface area contributed by atoms with E-state index in [1.165, 1.54) is 0 Å². The molecule has 100 valence electrons. The van der Waals surface area contributed by atoms with Crippen LogP contribution in [0.4, 0.5) is 0 Å². The van der Waals surface area contributed by atoms with E-state index in [4.69, 9.17) is 38.8 Å². The van der Waals surface area contributed by atoms with Crippen molar-refractivity contribution in [3.8, 4) is 5.75 Å². The van der Waals surface area contributed by atoms with Crippen molar-refractivity contribution in [2.24, 2.45) is 5.73 Å². The van der Waals surface area contributed by atoms with Gasteiger partial charge in [-0.1, -0.05) is 12.1 Å². The zero-order valence-corrected chi connectivity index (χ0v) is 11.2. The molecule has 0 spiro atoms. The van der Waals surface area contributed by atoms with E-state index < -0.39 is 12.0 Å². The monoisotopic (exact) mass is 291 g/mol. The van der Waals surface area contributed by atoms with Gasteiger partial charge in [0.2, 0.25) is 0 Å². The number of halogens is 2. The van der Waals surface area contributed by atoms with E-state index in [1.807, 2.05) is 0 Å². The molecule has 0 saturated heterocycles. The fourth-order valence-corrected chi connectivity index (χ4v) is 1.80. The molecule has 0 amide bonds. The SMILES string of the molecule is N[C@@H](Cc1ccc(OC(CCl)CCl)cc1)C(=O)O. The lowest BCUT2D eigenvalue weighted by Crippen LogP contribution is -2.32. The van der Waals surface area contributed by atoms with Crippen molar-refractivity contribution in [3.63, 3.8) is 0 Å². The first-order valence-corrected chi connectivity index (χ1v) is 6.49. The van der Waals surface area contributed by atoms with Gasteiger partial charge in [0.15, 0.2) is 0 Å². The van der Waals surface area contributed by atoms with E-state index in [1.54, 1.807) is 24.3 Å². The molecule has 0 aliphatic rings. The molecule has 0 saturated carbocycles. The lowest BCUT2D eigenvalue weighted by Gasteiger charge is -2.14. The molecule has 1 aromatic rings. The molecule has 0 aromatic heterocycles. The predicted octanol–water partition coefficient (Wildman–Crippen LogP) is 1.87. The van der Waals surface area contributed by atoms with Crippen molar-refractivity contribution in [2.45, 2.75) is 18.6 Å². The zero-order chi connectivity index (χ0) is 13.5. The van der Waals surface area contributed by atoms with Crippen molar-refractivity contribution in [1.29, 1.82) is 0 Å². The van der Waals surface area contributed by atoms with Gasteiger partial charge in [-0.3, -0.25) is 4.79 Å². The topological polar surface area (TPSA) is 72.5 Å². The van der Waals surface area contributed by atoms with Crippen LogP contribution in [0.5, 0.6) is 5.75 Å². The molecule has 1 atom stereocenters. The number of benzene rings is 1. The number of nitrogens with two attached hydrogens (primary N) is 1. The molecule has 1 aromatic carbocycles. The van der Waals surface area contributed by atoms with Gasteiger partial charge in [0.25, 0.3) is 0 Å². The van der Waals surface area contributed by atoms with Crippen LogP contribution in [0.1, 0.15) is 5.56 Å². The number of aliphatic carboxylic acids is 1. The summed E-state index contributed by atoms with van der Waals surface area (Å²) >= 11 is 11.3. The Kier molecular flexibility index (Phi) is 6.25. The van der Waals surface area contributed by atoms with Crippen LogP contribution in [0.2, 0.25) is 0 Å². The quantitative estimate of drug-likeness (QED) is 0.752. The average molecular weight is 292 g/mol. The van der Waals surface area contributed by atoms with Gasteiger partial charge in [0.05, 0.1) is 11.8 Å². The van der Waals surface area contributed by atoms with Gasteiger partial charge in [0, 0.05) is 0 Å². The van der Waals surface area contributed by atoms with Crippen molar-refractivity contribution in [2.75, 3.05) is 11.8 Å². The molecule has 0 bridgehead atoms. The Hall–Kier alpha value is -0.970. The van der Waals surface area contributed by atoms with E-state index in [2.05, 4.69) is 0 Å². The summed E-state index contributed by atoms with van der Waals surface area (Å²) < 4.78 is 5.51. The van der Waals surface area contributed by atoms with Crippen molar-refractivity contribution >= 4 is 29.2 Å². The third-order valence-electron chi connectivity index (χ3n) is 2.34. The third kappa shape index (κ3) is 4.72. The van der Waals surface area contributed by atoms with Crippen molar-refractivity contribution < 1.29 is 14.6 Å². The Balaban J connectivity index is 2.59. The maximum atomic E-state index is 10.6. The molecular weight excluding hydrogens is 277 g/mol. The maximum Gasteiger partial charge on any atom is 0.320 e. The van der Waals surface area contributed by atoms with E-state index in [9.17, 15) is 4.79 Å². The molecule has 0 aliphatic heterocycles. The molecule has 0 heterocycles. The number of ether oxygens (including phenoxy) is 1. The zero-order valence-electron chi connectivity index (χ0n) is 9.68. The van der Waals surface area contributed by atoms with Gasteiger partial charge >= 0.3 is 5.97 Å². The lowest BCUT2D eigenvalue weighted by molar-refractivity contribution is -0.138. The van der Waals surface area contributed by atoms with Crippen molar-refractivity contribution in [1.82, 2.24) is 0 Å². The van der Waals surface area contributed by atoms with Crippen LogP contribution in [0.15, 0.2) is 24.3 Å². The number of carboxylic acids is 1. The summed E-state index contributed by atoms with van der Waals surface area (Å²) in [5.41, 5.74) is 6.28. The summed E-state index contributed by atoms with van der Waals surface area (Å²) in [6, 6.07) is 6.15. The normalized spacial score (nSPS) is 12.4. The molecular formula is C12H15Cl2NO3. The highest BCUT2D eigenvalue weighted by atomic mass is 35.5. The highest BCUT2D eigenvalue weighted by Crippen LogP contribution is 2.15. The average Bonchev–Trinajstić information content (AvgIpc) is 2.37. The van der Waals surface area contributed by atoms with Crippen LogP contribution in [-0.4, -0.2) is 35.0 Å². The number of alkyl halides is 2. The van der Waals surface area contributed by atoms with Gasteiger partial charge in [-0.2, -0.15) is 0 Å². The molecule has 6 heteroatoms. The van der Waals surface area contributed by atoms with E-state index in [0.717, 1.165) is 5.56 Å². The Morgan fingerprint density at radius 3 is 2.28 bits per heavy atom. The first kappa shape index (κ1) is 15.1. The lowest BCUT2D eigenvalue weighted by atomic mass is 10.1. The Labute approximate surface area is 116 Å². The highest BCUT2D eigenvalue weighted by molar-refractivity contribution is 6.21. The summed E-state index contributed by atoms with van der Waals surface area (Å²) in [4.78, 5) is 10.6. The number of hydrogen-bond donors (Lipinski definition) is 2. The fourth-order valence-electron chi connectivity index (χ4n) is 1.34. The number of rotatable bonds is 7. The predicted molar refractivity (Wildman–Crippen MR) is 71.6 cm³/mol. The van der Waals surface area contributed by atoms with Gasteiger partial charge in [-0.05, 0) is 24.1 Å². The standard InChI is InChI=1S/C12H15Cl2NO3/c13-6-10(7-14)18-9-3-1-8(2-4-9)5-11(15)12(16)17/h1-4,10-11H,5-7,15H2,(H,16,17)/t11-/m0/s1. The Bertz CT molecular complexity index is 379. The fraction of sp³-hybridized carbons (Fsp3) is 0.417. The second-order valence-electron chi connectivity index (χ2n) is 3.84. The first-order chi connectivity index (χ1) is 8.56. The van der Waals surface area contributed by atoms with Crippen LogP contribution >= 0.6 is 23.2 Å². The summed E-state index contributed by atoms with van der Waals surface area (Å²) in [6.07, 6.45) is 0.0461. The van der Waals surface area contributed by atoms with Crippen LogP contribution in [0.25, 0.3) is 0 Å². The molecule has 18 heavy (non-hydrogen) atoms. The van der Waals surface area contributed by atoms with Gasteiger partial charge in [-0.25, -0.2) is 0 Å². The number of carbonyl (C=O) groups is 1. The second kappa shape index (κ2) is 7.46. The largest absolute Gasteiger partial charge is 0.488 e. The van der Waals surface area contributed by atoms with Gasteiger partial charge < -0.3 is 15.6 Å². The first-order valence-electron chi connectivity index (χ1n) is 5.42. The highest BCUT2D eigenvalue weighted by Gasteiger charge is 2.12. The minimum absolute atomic E-state index is 0.236. The minimum atomic E-state index is -1.01. The molecule has 4 nitrogen and oxygen atoms in total. The molecule has 0 fully saturated rings. The van der Waals surface area contributed by atoms with Crippen LogP contribution in [0, 0.1) is 0 Å². The van der Waals surface area contributed by atoms with E-state index >= 15 is 0 Å². The molecule has 3 N–H and O–H groups in total. The smallest absolute Gasteiger partial charge is 0.320 e. The molecule has 0 radical (unpaired) electrons. The van der Waals surface area contributed by atoms with Crippen molar-refractivity contribution in [3.05, 3.63) is 29.8 Å². The Morgan fingerprint density at radius 1 is 1.28 bits per heavy atom. The molecule has 0 unspecified atom stereocenters. The summed E-state index contributed by atoms with van der Waals surface area (Å²) in [5.74, 6) is 0.262.